The van der Waals surface area contributed by atoms with Crippen LogP contribution >= 0.6 is 0 Å². The van der Waals surface area contributed by atoms with Gasteiger partial charge in [0.1, 0.15) is 0 Å². The Kier molecular flexibility index (Phi) is 4.16. The summed E-state index contributed by atoms with van der Waals surface area (Å²) in [5.74, 6) is 0.278. The number of fused-ring (bicyclic) bond motifs is 1. The number of carbonyl (C=O) groups is 1. The first-order valence-corrected chi connectivity index (χ1v) is 8.24. The number of carbonyl (C=O) groups excluding carboxylic acids is 1. The van der Waals surface area contributed by atoms with E-state index < -0.39 is 5.54 Å². The molecule has 0 saturated carbocycles. The highest BCUT2D eigenvalue weighted by Gasteiger charge is 2.42. The molecular formula is C17H23N7O. The van der Waals surface area contributed by atoms with Crippen molar-refractivity contribution in [2.75, 3.05) is 0 Å². The van der Waals surface area contributed by atoms with E-state index in [4.69, 9.17) is 11.1 Å². The van der Waals surface area contributed by atoms with Crippen molar-refractivity contribution in [1.82, 2.24) is 25.1 Å². The van der Waals surface area contributed by atoms with Gasteiger partial charge in [0.15, 0.2) is 11.5 Å². The molecule has 0 bridgehead atoms. The summed E-state index contributed by atoms with van der Waals surface area (Å²) in [6.07, 6.45) is 7.72. The summed E-state index contributed by atoms with van der Waals surface area (Å²) in [5, 5.41) is 14.9. The van der Waals surface area contributed by atoms with Gasteiger partial charge in [-0.1, -0.05) is 0 Å². The molecule has 1 atom stereocenters. The van der Waals surface area contributed by atoms with Gasteiger partial charge in [-0.2, -0.15) is 5.10 Å². The Balaban J connectivity index is 2.15. The summed E-state index contributed by atoms with van der Waals surface area (Å²) < 4.78 is 1.61. The predicted molar refractivity (Wildman–Crippen MR) is 94.0 cm³/mol. The van der Waals surface area contributed by atoms with Gasteiger partial charge in [0.25, 0.3) is 5.91 Å². The summed E-state index contributed by atoms with van der Waals surface area (Å²) in [6.45, 7) is 5.77. The Bertz CT molecular complexity index is 806. The van der Waals surface area contributed by atoms with Crippen molar-refractivity contribution in [3.8, 4) is 5.82 Å². The standard InChI is InChI=1S/C17H23N7O/c1-16(2,3)22-15(25)13-11-4-5-17(19,6-7-18)14(11)24(23-13)12-10-20-8-9-21-12/h7-10,18H,4-6,19H2,1-3H3,(H,22,25)/t17-/m1/s1. The maximum Gasteiger partial charge on any atom is 0.272 e. The summed E-state index contributed by atoms with van der Waals surface area (Å²) >= 11 is 0. The molecule has 0 saturated heterocycles. The maximum absolute atomic E-state index is 12.7. The molecule has 4 N–H and O–H groups in total. The molecule has 1 amide bonds. The van der Waals surface area contributed by atoms with Gasteiger partial charge in [0.2, 0.25) is 0 Å². The second kappa shape index (κ2) is 6.03. The fraction of sp³-hybridized carbons (Fsp3) is 0.471. The molecule has 0 fully saturated rings. The van der Waals surface area contributed by atoms with E-state index in [0.717, 1.165) is 11.3 Å². The van der Waals surface area contributed by atoms with Crippen molar-refractivity contribution in [1.29, 1.82) is 5.41 Å². The predicted octanol–water partition coefficient (Wildman–Crippen LogP) is 1.33. The quantitative estimate of drug-likeness (QED) is 0.724. The third-order valence-electron chi connectivity index (χ3n) is 4.21. The van der Waals surface area contributed by atoms with E-state index in [9.17, 15) is 4.79 Å². The number of hydrogen-bond donors (Lipinski definition) is 3. The normalized spacial score (nSPS) is 19.5. The van der Waals surface area contributed by atoms with E-state index in [0.29, 0.717) is 30.8 Å². The van der Waals surface area contributed by atoms with E-state index in [1.54, 1.807) is 23.3 Å². The first-order chi connectivity index (χ1) is 11.7. The third kappa shape index (κ3) is 3.17. The Hall–Kier alpha value is -2.61. The number of nitrogens with zero attached hydrogens (tertiary/aromatic N) is 4. The van der Waals surface area contributed by atoms with Crippen LogP contribution < -0.4 is 11.1 Å². The van der Waals surface area contributed by atoms with E-state index in [1.165, 1.54) is 6.21 Å². The average molecular weight is 341 g/mol. The molecule has 0 spiro atoms. The second-order valence-electron chi connectivity index (χ2n) is 7.42. The van der Waals surface area contributed by atoms with Crippen LogP contribution in [0.1, 0.15) is 55.4 Å². The summed E-state index contributed by atoms with van der Waals surface area (Å²) in [5.41, 5.74) is 7.41. The molecule has 0 radical (unpaired) electrons. The molecule has 0 aliphatic heterocycles. The Morgan fingerprint density at radius 1 is 1.48 bits per heavy atom. The van der Waals surface area contributed by atoms with E-state index in [2.05, 4.69) is 20.4 Å². The highest BCUT2D eigenvalue weighted by molar-refractivity contribution is 5.95. The average Bonchev–Trinajstić information content (AvgIpc) is 3.07. The number of rotatable bonds is 4. The van der Waals surface area contributed by atoms with Crippen LogP contribution in [0.4, 0.5) is 0 Å². The van der Waals surface area contributed by atoms with Crippen LogP contribution in [-0.4, -0.2) is 37.4 Å². The Labute approximate surface area is 146 Å². The smallest absolute Gasteiger partial charge is 0.272 e. The van der Waals surface area contributed by atoms with Gasteiger partial charge in [-0.15, -0.1) is 0 Å². The second-order valence-corrected chi connectivity index (χ2v) is 7.42. The van der Waals surface area contributed by atoms with Gasteiger partial charge < -0.3 is 16.5 Å². The molecule has 2 aromatic heterocycles. The molecule has 2 heterocycles. The first kappa shape index (κ1) is 17.2. The third-order valence-corrected chi connectivity index (χ3v) is 4.21. The maximum atomic E-state index is 12.7. The SMILES string of the molecule is CC(C)(C)NC(=O)c1nn(-c2cnccn2)c2c1CC[C@@]2(N)CC=N. The van der Waals surface area contributed by atoms with Crippen LogP contribution in [0.5, 0.6) is 0 Å². The number of nitrogens with two attached hydrogens (primary N) is 1. The van der Waals surface area contributed by atoms with Crippen molar-refractivity contribution in [3.63, 3.8) is 0 Å². The van der Waals surface area contributed by atoms with Gasteiger partial charge in [-0.05, 0) is 39.8 Å². The summed E-state index contributed by atoms with van der Waals surface area (Å²) in [7, 11) is 0. The lowest BCUT2D eigenvalue weighted by Gasteiger charge is -2.23. The van der Waals surface area contributed by atoms with Crippen LogP contribution in [0.3, 0.4) is 0 Å². The molecule has 0 aromatic carbocycles. The van der Waals surface area contributed by atoms with Gasteiger partial charge in [0, 0.05) is 29.9 Å². The van der Waals surface area contributed by atoms with E-state index in [1.807, 2.05) is 20.8 Å². The van der Waals surface area contributed by atoms with E-state index >= 15 is 0 Å². The van der Waals surface area contributed by atoms with Crippen LogP contribution in [0.2, 0.25) is 0 Å². The molecular weight excluding hydrogens is 318 g/mol. The Morgan fingerprint density at radius 2 is 2.24 bits per heavy atom. The minimum absolute atomic E-state index is 0.231. The molecule has 132 valence electrons. The number of hydrogen-bond acceptors (Lipinski definition) is 6. The van der Waals surface area contributed by atoms with Gasteiger partial charge in [0.05, 0.1) is 17.4 Å². The highest BCUT2D eigenvalue weighted by atomic mass is 16.2. The lowest BCUT2D eigenvalue weighted by molar-refractivity contribution is 0.0913. The minimum Gasteiger partial charge on any atom is -0.346 e. The van der Waals surface area contributed by atoms with Gasteiger partial charge in [-0.25, -0.2) is 9.67 Å². The number of nitrogens with one attached hydrogen (secondary N) is 2. The lowest BCUT2D eigenvalue weighted by atomic mass is 9.94. The van der Waals surface area contributed by atoms with Crippen molar-refractivity contribution >= 4 is 12.1 Å². The zero-order valence-electron chi connectivity index (χ0n) is 14.7. The summed E-state index contributed by atoms with van der Waals surface area (Å²) in [4.78, 5) is 21.1. The van der Waals surface area contributed by atoms with Gasteiger partial charge >= 0.3 is 0 Å². The van der Waals surface area contributed by atoms with Crippen molar-refractivity contribution in [2.24, 2.45) is 5.73 Å². The van der Waals surface area contributed by atoms with Crippen LogP contribution in [0, 0.1) is 5.41 Å². The van der Waals surface area contributed by atoms with Crippen molar-refractivity contribution < 1.29 is 4.79 Å². The van der Waals surface area contributed by atoms with E-state index in [-0.39, 0.29) is 11.4 Å². The fourth-order valence-electron chi connectivity index (χ4n) is 3.19. The molecule has 25 heavy (non-hydrogen) atoms. The zero-order valence-corrected chi connectivity index (χ0v) is 14.7. The van der Waals surface area contributed by atoms with Crippen molar-refractivity contribution in [3.05, 3.63) is 35.5 Å². The van der Waals surface area contributed by atoms with Crippen molar-refractivity contribution in [2.45, 2.75) is 51.1 Å². The fourth-order valence-corrected chi connectivity index (χ4v) is 3.19. The zero-order chi connectivity index (χ0) is 18.2. The molecule has 8 heteroatoms. The molecule has 0 unspecified atom stereocenters. The minimum atomic E-state index is -0.734. The highest BCUT2D eigenvalue weighted by Crippen LogP contribution is 2.39. The summed E-state index contributed by atoms with van der Waals surface area (Å²) in [6, 6.07) is 0. The van der Waals surface area contributed by atoms with Crippen LogP contribution in [-0.2, 0) is 12.0 Å². The number of aromatic nitrogens is 4. The molecule has 1 aliphatic carbocycles. The molecule has 2 aromatic rings. The molecule has 1 aliphatic rings. The molecule has 3 rings (SSSR count). The topological polar surface area (TPSA) is 123 Å². The van der Waals surface area contributed by atoms with Crippen LogP contribution in [0.15, 0.2) is 18.6 Å². The molecule has 8 nitrogen and oxygen atoms in total. The lowest BCUT2D eigenvalue weighted by Crippen LogP contribution is -2.41. The monoisotopic (exact) mass is 341 g/mol. The largest absolute Gasteiger partial charge is 0.346 e. The van der Waals surface area contributed by atoms with Gasteiger partial charge in [-0.3, -0.25) is 9.78 Å². The first-order valence-electron chi connectivity index (χ1n) is 8.24. The number of amides is 1. The van der Waals surface area contributed by atoms with Crippen LogP contribution in [0.25, 0.3) is 5.82 Å². The Morgan fingerprint density at radius 3 is 2.84 bits per heavy atom.